The Kier molecular flexibility index (Phi) is 9.98. The van der Waals surface area contributed by atoms with Gasteiger partial charge in [0.15, 0.2) is 0 Å². The minimum absolute atomic E-state index is 0.0203. The van der Waals surface area contributed by atoms with E-state index in [1.165, 1.54) is 20.3 Å². The van der Waals surface area contributed by atoms with Crippen molar-refractivity contribution in [2.24, 2.45) is 0 Å². The Labute approximate surface area is 523 Å². The molecule has 87 heavy (non-hydrogen) atoms. The van der Waals surface area contributed by atoms with E-state index in [9.17, 15) is 5.48 Å². The van der Waals surface area contributed by atoms with Gasteiger partial charge >= 0.3 is 0 Å². The fourth-order valence-corrected chi connectivity index (χ4v) is 14.9. The summed E-state index contributed by atoms with van der Waals surface area (Å²) in [5.41, 5.74) is 20.6. The average Bonchev–Trinajstić information content (AvgIpc) is 1.60. The zero-order chi connectivity index (χ0) is 64.9. The second-order valence-corrected chi connectivity index (χ2v) is 24.9. The van der Waals surface area contributed by atoms with E-state index in [0.717, 1.165) is 112 Å². The van der Waals surface area contributed by atoms with Gasteiger partial charge < -0.3 is 14.4 Å². The molecule has 2 aliphatic heterocycles. The van der Waals surface area contributed by atoms with Gasteiger partial charge in [-0.05, 0) is 157 Å². The number of aromatic nitrogens is 1. The van der Waals surface area contributed by atoms with Gasteiger partial charge in [-0.15, -0.1) is 11.3 Å². The van der Waals surface area contributed by atoms with Crippen molar-refractivity contribution in [3.63, 3.8) is 0 Å². The van der Waals surface area contributed by atoms with E-state index >= 15 is 0 Å². The van der Waals surface area contributed by atoms with Gasteiger partial charge in [-0.1, -0.05) is 233 Å². The molecule has 0 saturated carbocycles. The number of nitrogens with zero attached hydrogens (tertiary/aromatic N) is 3. The van der Waals surface area contributed by atoms with Crippen LogP contribution in [0.25, 0.3) is 103 Å². The van der Waals surface area contributed by atoms with Crippen LogP contribution in [0.15, 0.2) is 297 Å². The highest BCUT2D eigenvalue weighted by Crippen LogP contribution is 2.54. The van der Waals surface area contributed by atoms with Crippen molar-refractivity contribution in [2.75, 3.05) is 9.80 Å². The highest BCUT2D eigenvalue weighted by molar-refractivity contribution is 7.26. The number of hydrogen-bond acceptors (Lipinski definition) is 3. The van der Waals surface area contributed by atoms with Gasteiger partial charge in [0, 0.05) is 76.2 Å². The number of thiophene rings is 1. The largest absolute Gasteiger partial charge is 0.311 e. The van der Waals surface area contributed by atoms with Crippen LogP contribution < -0.4 is 26.2 Å². The molecule has 5 heteroatoms. The lowest BCUT2D eigenvalue weighted by Crippen LogP contribution is -2.61. The predicted molar refractivity (Wildman–Crippen MR) is 374 cm³/mol. The highest BCUT2D eigenvalue weighted by Gasteiger charge is 2.45. The molecule has 0 saturated heterocycles. The molecular formula is C82H58BN3S. The summed E-state index contributed by atoms with van der Waals surface area (Å²) in [5, 5.41) is 2.37. The second-order valence-electron chi connectivity index (χ2n) is 23.8. The van der Waals surface area contributed by atoms with Crippen LogP contribution in [0.5, 0.6) is 0 Å². The zero-order valence-corrected chi connectivity index (χ0v) is 48.8. The summed E-state index contributed by atoms with van der Waals surface area (Å²) >= 11 is 1.79. The van der Waals surface area contributed by atoms with Gasteiger partial charge in [-0.25, -0.2) is 0 Å². The first kappa shape index (κ1) is 43.2. The van der Waals surface area contributed by atoms with Crippen molar-refractivity contribution in [3.05, 3.63) is 303 Å². The third kappa shape index (κ3) is 8.25. The lowest BCUT2D eigenvalue weighted by molar-refractivity contribution is 0.591. The monoisotopic (exact) mass is 1140 g/mol. The number of fused-ring (bicyclic) bond motifs is 10. The lowest BCUT2D eigenvalue weighted by Gasteiger charge is -2.45. The molecule has 0 amide bonds. The fraction of sp³-hybridized carbons (Fsp3) is 0.0488. The summed E-state index contributed by atoms with van der Waals surface area (Å²) in [7, 11) is 0. The second kappa shape index (κ2) is 20.1. The van der Waals surface area contributed by atoms with Crippen LogP contribution in [0.4, 0.5) is 34.1 Å². The SMILES string of the molecule is [2H]c1c([2H])c([2H])c2c(c1[2H])c1c([2H])c([2H])c([2H])c([2H])c1n2-c1ccc2c(c1)N(c1cc(-c3ccccc3)cc(-c3ccccc3)c1)c1cc(-c3cccc4sc5ccccc5c34)cc3c1B2c1ccccc1N3c1c(-c2ccccc2)cc(C(C)(C)C)cc1-c1ccccc1. The molecule has 4 heterocycles. The Balaban J connectivity index is 1.06. The van der Waals surface area contributed by atoms with Crippen LogP contribution in [0.3, 0.4) is 0 Å². The molecule has 0 unspecified atom stereocenters. The van der Waals surface area contributed by atoms with Crippen molar-refractivity contribution in [1.82, 2.24) is 4.57 Å². The molecule has 0 radical (unpaired) electrons. The van der Waals surface area contributed by atoms with Crippen LogP contribution in [0.1, 0.15) is 37.3 Å². The minimum Gasteiger partial charge on any atom is -0.311 e. The number of hydrogen-bond donors (Lipinski definition) is 0. The molecule has 0 spiro atoms. The first-order chi connectivity index (χ1) is 46.1. The Morgan fingerprint density at radius 3 is 1.52 bits per heavy atom. The third-order valence-electron chi connectivity index (χ3n) is 17.7. The molecule has 3 nitrogen and oxygen atoms in total. The summed E-state index contributed by atoms with van der Waals surface area (Å²) in [4.78, 5) is 4.93. The van der Waals surface area contributed by atoms with Crippen LogP contribution in [0.2, 0.25) is 0 Å². The number of rotatable bonds is 8. The molecule has 0 N–H and O–H groups in total. The Hall–Kier alpha value is -10.5. The van der Waals surface area contributed by atoms with Crippen LogP contribution in [0, 0.1) is 0 Å². The molecule has 2 aliphatic rings. The molecule has 410 valence electrons. The molecule has 17 rings (SSSR count). The topological polar surface area (TPSA) is 11.4 Å². The first-order valence-corrected chi connectivity index (χ1v) is 30.4. The maximum absolute atomic E-state index is 9.67. The maximum Gasteiger partial charge on any atom is 0.252 e. The van der Waals surface area contributed by atoms with E-state index in [2.05, 4.69) is 261 Å². The highest BCUT2D eigenvalue weighted by atomic mass is 32.1. The Morgan fingerprint density at radius 2 is 0.897 bits per heavy atom. The van der Waals surface area contributed by atoms with Gasteiger partial charge in [0.2, 0.25) is 0 Å². The standard InChI is InChI=1S/C82H58BN3S/c1-82(2,3)60-50-67(55-29-12-6-13-30-55)81(68(51-60)56-31-14-7-15-32-56)86-73-40-22-19-37-69(73)83-70-44-43-61(84-71-38-20-16-33-64(71)65-34-17-21-39-72(65)84)52-74(70)85(62-46-57(53-25-8-4-9-26-53)45-58(47-62)54-27-10-5-11-28-54)75-48-59(49-76(86)80(75)83)63-36-24-42-78-79(63)66-35-18-23-41-77(66)87-78/h4-52H,1-3H3/i16D,17D,20D,21D,33D,34D,38D,39D. The first-order valence-electron chi connectivity index (χ1n) is 33.6. The van der Waals surface area contributed by atoms with E-state index in [1.807, 2.05) is 18.2 Å². The van der Waals surface area contributed by atoms with Crippen LogP contribution in [-0.2, 0) is 5.41 Å². The van der Waals surface area contributed by atoms with E-state index in [0.29, 0.717) is 5.69 Å². The molecule has 15 aromatic rings. The van der Waals surface area contributed by atoms with Gasteiger partial charge in [-0.3, -0.25) is 0 Å². The maximum atomic E-state index is 9.67. The van der Waals surface area contributed by atoms with E-state index in [1.54, 1.807) is 15.9 Å². The van der Waals surface area contributed by atoms with Crippen molar-refractivity contribution < 1.29 is 11.0 Å². The average molecular weight is 1140 g/mol. The van der Waals surface area contributed by atoms with E-state index in [-0.39, 0.29) is 51.4 Å². The van der Waals surface area contributed by atoms with E-state index < -0.39 is 30.9 Å². The minimum atomic E-state index is -0.491. The lowest BCUT2D eigenvalue weighted by atomic mass is 9.33. The molecule has 0 atom stereocenters. The number of para-hydroxylation sites is 3. The quantitative estimate of drug-likeness (QED) is 0.141. The van der Waals surface area contributed by atoms with Gasteiger partial charge in [0.25, 0.3) is 6.71 Å². The van der Waals surface area contributed by atoms with E-state index in [4.69, 9.17) is 5.48 Å². The Bertz CT molecular complexity index is 5520. The normalized spacial score (nSPS) is 14.0. The summed E-state index contributed by atoms with van der Waals surface area (Å²) in [6.07, 6.45) is 0. The third-order valence-corrected chi connectivity index (χ3v) is 18.9. The molecule has 0 bridgehead atoms. The van der Waals surface area contributed by atoms with Crippen LogP contribution in [-0.4, -0.2) is 11.3 Å². The summed E-state index contributed by atoms with van der Waals surface area (Å²) < 4.78 is 78.3. The Morgan fingerprint density at radius 1 is 0.368 bits per heavy atom. The zero-order valence-electron chi connectivity index (χ0n) is 56.0. The molecular weight excluding hydrogens is 1070 g/mol. The fourth-order valence-electron chi connectivity index (χ4n) is 13.8. The van der Waals surface area contributed by atoms with Crippen LogP contribution >= 0.6 is 11.3 Å². The molecule has 13 aromatic carbocycles. The molecule has 0 aliphatic carbocycles. The van der Waals surface area contributed by atoms with Crippen molar-refractivity contribution >= 4 is 111 Å². The van der Waals surface area contributed by atoms with Gasteiger partial charge in [0.1, 0.15) is 0 Å². The van der Waals surface area contributed by atoms with Gasteiger partial charge in [0.05, 0.1) is 27.7 Å². The van der Waals surface area contributed by atoms with Crippen molar-refractivity contribution in [3.8, 4) is 61.3 Å². The van der Waals surface area contributed by atoms with Crippen molar-refractivity contribution in [2.45, 2.75) is 26.2 Å². The van der Waals surface area contributed by atoms with Gasteiger partial charge in [-0.2, -0.15) is 0 Å². The molecule has 2 aromatic heterocycles. The summed E-state index contributed by atoms with van der Waals surface area (Å²) in [5.74, 6) is 0. The summed E-state index contributed by atoms with van der Waals surface area (Å²) in [6, 6.07) is 85.6. The smallest absolute Gasteiger partial charge is 0.252 e. The van der Waals surface area contributed by atoms with Crippen molar-refractivity contribution in [1.29, 1.82) is 0 Å². The number of benzene rings is 13. The molecule has 0 fully saturated rings. The number of anilines is 6. The predicted octanol–water partition coefficient (Wildman–Crippen LogP) is 20.9. The summed E-state index contributed by atoms with van der Waals surface area (Å²) in [6.45, 7) is 6.44.